The fourth-order valence-corrected chi connectivity index (χ4v) is 7.62. The summed E-state index contributed by atoms with van der Waals surface area (Å²) in [7, 11) is 0. The molecule has 2 fully saturated rings. The van der Waals surface area contributed by atoms with Crippen molar-refractivity contribution in [2.45, 2.75) is 52.4 Å². The lowest BCUT2D eigenvalue weighted by Crippen LogP contribution is -2.52. The number of nitrogens with zero attached hydrogens (tertiary/aromatic N) is 5. The van der Waals surface area contributed by atoms with E-state index in [2.05, 4.69) is 36.6 Å². The lowest BCUT2D eigenvalue weighted by atomic mass is 9.49. The van der Waals surface area contributed by atoms with Crippen LogP contribution in [-0.2, 0) is 12.8 Å². The van der Waals surface area contributed by atoms with Crippen LogP contribution in [0.1, 0.15) is 50.8 Å². The number of aliphatic hydroxyl groups is 1. The first-order valence-corrected chi connectivity index (χ1v) is 12.4. The maximum atomic E-state index is 13.4. The SMILES string of the molecule is C=C1CC[C@H]2[C@H](CN=[N+]=[N-])[C@@H]([C@@]3(C)Cc4cn(-c5ccc(F)cc5)nc4C[C@@H]3CO)CC[C@]12C. The average molecular weight is 464 g/mol. The molecule has 5 rings (SSSR count). The lowest BCUT2D eigenvalue weighted by molar-refractivity contribution is -0.0535. The third-order valence-electron chi connectivity index (χ3n) is 9.73. The van der Waals surface area contributed by atoms with Gasteiger partial charge >= 0.3 is 0 Å². The van der Waals surface area contributed by atoms with Gasteiger partial charge in [0.25, 0.3) is 0 Å². The number of halogens is 1. The van der Waals surface area contributed by atoms with Crippen molar-refractivity contribution >= 4 is 0 Å². The van der Waals surface area contributed by atoms with E-state index in [0.717, 1.165) is 49.9 Å². The number of azide groups is 1. The molecule has 1 aromatic carbocycles. The van der Waals surface area contributed by atoms with E-state index in [1.807, 2.05) is 4.68 Å². The lowest BCUT2D eigenvalue weighted by Gasteiger charge is -2.55. The molecule has 180 valence electrons. The van der Waals surface area contributed by atoms with Crippen LogP contribution >= 0.6 is 0 Å². The second kappa shape index (κ2) is 8.54. The highest BCUT2D eigenvalue weighted by atomic mass is 19.1. The summed E-state index contributed by atoms with van der Waals surface area (Å²) < 4.78 is 15.2. The first-order chi connectivity index (χ1) is 16.3. The molecule has 1 aromatic heterocycles. The summed E-state index contributed by atoms with van der Waals surface area (Å²) in [6.45, 7) is 9.69. The number of fused-ring (bicyclic) bond motifs is 2. The zero-order valence-electron chi connectivity index (χ0n) is 20.1. The normalized spacial score (nSPS) is 34.9. The highest BCUT2D eigenvalue weighted by Crippen LogP contribution is 2.63. The van der Waals surface area contributed by atoms with Crippen molar-refractivity contribution in [3.8, 4) is 5.69 Å². The smallest absolute Gasteiger partial charge is 0.123 e. The second-order valence-electron chi connectivity index (χ2n) is 11.2. The maximum absolute atomic E-state index is 13.4. The number of aliphatic hydroxyl groups excluding tert-OH is 1. The topological polar surface area (TPSA) is 86.8 Å². The van der Waals surface area contributed by atoms with Gasteiger partial charge in [-0.3, -0.25) is 0 Å². The van der Waals surface area contributed by atoms with E-state index in [4.69, 9.17) is 10.6 Å². The molecule has 0 radical (unpaired) electrons. The Morgan fingerprint density at radius 1 is 1.26 bits per heavy atom. The van der Waals surface area contributed by atoms with Crippen LogP contribution in [0.2, 0.25) is 0 Å². The standard InChI is InChI=1S/C27H34FN5O/c1-17-4-9-23-22(14-30-32-29)24(10-11-26(17,23)2)27(3)13-18-15-33(21-7-5-20(28)6-8-21)31-25(18)12-19(27)16-34/h5-8,15,19,22-24,34H,1,4,9-14,16H2,2-3H3/t19-,22+,23+,24+,26-,27+/m1/s1. The minimum absolute atomic E-state index is 0.0871. The van der Waals surface area contributed by atoms with Gasteiger partial charge in [-0.25, -0.2) is 9.07 Å². The van der Waals surface area contributed by atoms with E-state index >= 15 is 0 Å². The number of hydrogen-bond donors (Lipinski definition) is 1. The Kier molecular flexibility index (Phi) is 5.81. The molecule has 1 N–H and O–H groups in total. The summed E-state index contributed by atoms with van der Waals surface area (Å²) in [5, 5.41) is 19.4. The molecule has 0 amide bonds. The Morgan fingerprint density at radius 2 is 2.03 bits per heavy atom. The van der Waals surface area contributed by atoms with Crippen LogP contribution in [-0.4, -0.2) is 28.0 Å². The molecule has 0 spiro atoms. The van der Waals surface area contributed by atoms with Crippen LogP contribution in [0.3, 0.4) is 0 Å². The Balaban J connectivity index is 1.50. The van der Waals surface area contributed by atoms with E-state index in [0.29, 0.717) is 18.4 Å². The van der Waals surface area contributed by atoms with Gasteiger partial charge in [0.2, 0.25) is 0 Å². The average Bonchev–Trinajstić information content (AvgIpc) is 3.37. The molecule has 3 aliphatic rings. The van der Waals surface area contributed by atoms with Crippen LogP contribution in [0.4, 0.5) is 4.39 Å². The van der Waals surface area contributed by atoms with Gasteiger partial charge < -0.3 is 5.11 Å². The summed E-state index contributed by atoms with van der Waals surface area (Å²) in [4.78, 5) is 3.12. The van der Waals surface area contributed by atoms with Crippen molar-refractivity contribution in [1.82, 2.24) is 9.78 Å². The van der Waals surface area contributed by atoms with Gasteiger partial charge in [-0.05, 0) is 108 Å². The third-order valence-corrected chi connectivity index (χ3v) is 9.73. The van der Waals surface area contributed by atoms with Gasteiger partial charge in [-0.15, -0.1) is 0 Å². The monoisotopic (exact) mass is 463 g/mol. The molecule has 6 nitrogen and oxygen atoms in total. The largest absolute Gasteiger partial charge is 0.396 e. The predicted molar refractivity (Wildman–Crippen MR) is 130 cm³/mol. The highest BCUT2D eigenvalue weighted by Gasteiger charge is 2.56. The molecule has 34 heavy (non-hydrogen) atoms. The van der Waals surface area contributed by atoms with Crippen LogP contribution in [0.15, 0.2) is 47.7 Å². The maximum Gasteiger partial charge on any atom is 0.123 e. The Morgan fingerprint density at radius 3 is 2.74 bits per heavy atom. The number of allylic oxidation sites excluding steroid dienone is 1. The molecule has 6 atom stereocenters. The number of rotatable bonds is 5. The van der Waals surface area contributed by atoms with Crippen LogP contribution in [0, 0.1) is 40.3 Å². The molecule has 0 aliphatic heterocycles. The Hall–Kier alpha value is -2.63. The third kappa shape index (κ3) is 3.57. The first-order valence-electron chi connectivity index (χ1n) is 12.4. The van der Waals surface area contributed by atoms with E-state index < -0.39 is 0 Å². The first kappa shape index (κ1) is 23.1. The van der Waals surface area contributed by atoms with Crippen LogP contribution in [0.5, 0.6) is 0 Å². The predicted octanol–water partition coefficient (Wildman–Crippen LogP) is 6.03. The van der Waals surface area contributed by atoms with Crippen molar-refractivity contribution in [2.75, 3.05) is 13.2 Å². The van der Waals surface area contributed by atoms with Gasteiger partial charge in [0.1, 0.15) is 5.82 Å². The molecule has 0 saturated heterocycles. The fourth-order valence-electron chi connectivity index (χ4n) is 7.62. The zero-order valence-corrected chi connectivity index (χ0v) is 20.1. The summed E-state index contributed by atoms with van der Waals surface area (Å²) in [6, 6.07) is 6.37. The summed E-state index contributed by atoms with van der Waals surface area (Å²) in [5.74, 6) is 0.912. The van der Waals surface area contributed by atoms with Crippen molar-refractivity contribution in [1.29, 1.82) is 0 Å². The zero-order chi connectivity index (χ0) is 24.1. The van der Waals surface area contributed by atoms with Crippen molar-refractivity contribution in [3.05, 3.63) is 70.1 Å². The molecule has 2 aromatic rings. The molecule has 0 bridgehead atoms. The van der Waals surface area contributed by atoms with Crippen molar-refractivity contribution in [3.63, 3.8) is 0 Å². The summed E-state index contributed by atoms with van der Waals surface area (Å²) in [6.07, 6.45) is 7.92. The second-order valence-corrected chi connectivity index (χ2v) is 11.2. The van der Waals surface area contributed by atoms with E-state index in [1.165, 1.54) is 23.3 Å². The van der Waals surface area contributed by atoms with Crippen molar-refractivity contribution < 1.29 is 9.50 Å². The van der Waals surface area contributed by atoms with Gasteiger partial charge in [0.15, 0.2) is 0 Å². The summed E-state index contributed by atoms with van der Waals surface area (Å²) >= 11 is 0. The van der Waals surface area contributed by atoms with Crippen LogP contribution in [0.25, 0.3) is 16.1 Å². The van der Waals surface area contributed by atoms with E-state index in [1.54, 1.807) is 12.1 Å². The fraction of sp³-hybridized carbons (Fsp3) is 0.593. The van der Waals surface area contributed by atoms with Gasteiger partial charge in [0.05, 0.1) is 11.4 Å². The minimum atomic E-state index is -0.265. The number of benzene rings is 1. The molecule has 2 saturated carbocycles. The highest BCUT2D eigenvalue weighted by molar-refractivity contribution is 5.35. The molecule has 3 aliphatic carbocycles. The van der Waals surface area contributed by atoms with Gasteiger partial charge in [0, 0.05) is 24.3 Å². The molecular weight excluding hydrogens is 429 g/mol. The minimum Gasteiger partial charge on any atom is -0.396 e. The van der Waals surface area contributed by atoms with Gasteiger partial charge in [-0.2, -0.15) is 5.10 Å². The molecule has 1 heterocycles. The quantitative estimate of drug-likeness (QED) is 0.254. The summed E-state index contributed by atoms with van der Waals surface area (Å²) in [5.41, 5.74) is 13.5. The molecular formula is C27H34FN5O. The number of aromatic nitrogens is 2. The van der Waals surface area contributed by atoms with Crippen molar-refractivity contribution in [2.24, 2.45) is 39.6 Å². The Labute approximate surface area is 200 Å². The van der Waals surface area contributed by atoms with Crippen LogP contribution < -0.4 is 0 Å². The Bertz CT molecular complexity index is 1140. The number of hydrogen-bond acceptors (Lipinski definition) is 3. The molecule has 7 heteroatoms. The van der Waals surface area contributed by atoms with E-state index in [-0.39, 0.29) is 35.1 Å². The van der Waals surface area contributed by atoms with Gasteiger partial charge in [-0.1, -0.05) is 31.1 Å². The molecule has 0 unspecified atom stereocenters. The van der Waals surface area contributed by atoms with E-state index in [9.17, 15) is 9.50 Å².